The summed E-state index contributed by atoms with van der Waals surface area (Å²) >= 11 is 0. The van der Waals surface area contributed by atoms with Crippen molar-refractivity contribution >= 4 is 15.9 Å². The van der Waals surface area contributed by atoms with E-state index in [1.807, 2.05) is 0 Å². The number of carbonyl (C=O) groups is 1. The maximum absolute atomic E-state index is 12.2. The summed E-state index contributed by atoms with van der Waals surface area (Å²) in [6.07, 6.45) is -5.12. The highest BCUT2D eigenvalue weighted by atomic mass is 32.2. The molecule has 1 saturated heterocycles. The summed E-state index contributed by atoms with van der Waals surface area (Å²) in [5.41, 5.74) is -1.93. The summed E-state index contributed by atoms with van der Waals surface area (Å²) in [6, 6.07) is 0. The summed E-state index contributed by atoms with van der Waals surface area (Å²) in [6.45, 7) is 1.97. The average Bonchev–Trinajstić information content (AvgIpc) is 1.93. The molecule has 0 amide bonds. The van der Waals surface area contributed by atoms with E-state index in [4.69, 9.17) is 0 Å². The Bertz CT molecular complexity index is 367. The van der Waals surface area contributed by atoms with Crippen molar-refractivity contribution in [2.45, 2.75) is 30.9 Å². The minimum atomic E-state index is -5.12. The molecule has 0 aromatic heterocycles. The Morgan fingerprint density at radius 1 is 1.36 bits per heavy atom. The molecule has 0 aliphatic carbocycles. The van der Waals surface area contributed by atoms with Crippen molar-refractivity contribution in [1.82, 2.24) is 0 Å². The zero-order valence-electron chi connectivity index (χ0n) is 7.25. The molecule has 0 radical (unpaired) electrons. The fourth-order valence-corrected chi connectivity index (χ4v) is 2.77. The van der Waals surface area contributed by atoms with Gasteiger partial charge in [-0.2, -0.15) is 21.6 Å². The van der Waals surface area contributed by atoms with Gasteiger partial charge in [-0.1, -0.05) is 0 Å². The molecule has 0 aromatic rings. The molecule has 1 aliphatic rings. The zero-order valence-corrected chi connectivity index (χ0v) is 8.07. The first-order valence-electron chi connectivity index (χ1n) is 3.54. The Morgan fingerprint density at radius 3 is 1.93 bits per heavy atom. The molecule has 1 heterocycles. The summed E-state index contributed by atoms with van der Waals surface area (Å²) in [5, 5.41) is -3.05. The SMILES string of the molecule is CC1(C)OS(=O)(=O)C(C(F)(F)F)C1=O. The monoisotopic (exact) mass is 232 g/mol. The maximum atomic E-state index is 12.2. The van der Waals surface area contributed by atoms with Gasteiger partial charge in [0.25, 0.3) is 10.1 Å². The lowest BCUT2D eigenvalue weighted by Gasteiger charge is -2.12. The van der Waals surface area contributed by atoms with Crippen LogP contribution in [0.3, 0.4) is 0 Å². The third-order valence-corrected chi connectivity index (χ3v) is 3.45. The first kappa shape index (κ1) is 11.4. The summed E-state index contributed by atoms with van der Waals surface area (Å²) < 4.78 is 62.3. The van der Waals surface area contributed by atoms with Crippen LogP contribution in [0.1, 0.15) is 13.8 Å². The molecular weight excluding hydrogens is 225 g/mol. The first-order chi connectivity index (χ1) is 5.98. The molecule has 82 valence electrons. The largest absolute Gasteiger partial charge is 0.414 e. The fraction of sp³-hybridized carbons (Fsp3) is 0.833. The van der Waals surface area contributed by atoms with Gasteiger partial charge in [0.05, 0.1) is 0 Å². The van der Waals surface area contributed by atoms with Gasteiger partial charge in [0.15, 0.2) is 5.78 Å². The molecular formula is C6H7F3O4S. The Morgan fingerprint density at radius 2 is 1.79 bits per heavy atom. The topological polar surface area (TPSA) is 60.4 Å². The van der Waals surface area contributed by atoms with E-state index < -0.39 is 32.9 Å². The molecule has 8 heteroatoms. The van der Waals surface area contributed by atoms with Gasteiger partial charge in [0.2, 0.25) is 5.25 Å². The number of alkyl halides is 3. The highest BCUT2D eigenvalue weighted by Gasteiger charge is 2.64. The first-order valence-corrected chi connectivity index (χ1v) is 5.01. The van der Waals surface area contributed by atoms with Crippen molar-refractivity contribution in [3.63, 3.8) is 0 Å². The highest BCUT2D eigenvalue weighted by Crippen LogP contribution is 2.38. The van der Waals surface area contributed by atoms with E-state index in [2.05, 4.69) is 4.18 Å². The van der Waals surface area contributed by atoms with Crippen molar-refractivity contribution in [1.29, 1.82) is 0 Å². The van der Waals surface area contributed by atoms with Crippen LogP contribution in [-0.4, -0.2) is 31.2 Å². The molecule has 1 fully saturated rings. The van der Waals surface area contributed by atoms with E-state index in [9.17, 15) is 26.4 Å². The van der Waals surface area contributed by atoms with Crippen LogP contribution < -0.4 is 0 Å². The second kappa shape index (κ2) is 2.69. The van der Waals surface area contributed by atoms with Gasteiger partial charge in [-0.05, 0) is 13.8 Å². The lowest BCUT2D eigenvalue weighted by atomic mass is 10.0. The van der Waals surface area contributed by atoms with Crippen LogP contribution in [0.4, 0.5) is 13.2 Å². The van der Waals surface area contributed by atoms with E-state index >= 15 is 0 Å². The molecule has 0 spiro atoms. The third-order valence-electron chi connectivity index (χ3n) is 1.74. The molecule has 1 aliphatic heterocycles. The number of halogens is 3. The number of hydrogen-bond acceptors (Lipinski definition) is 4. The highest BCUT2D eigenvalue weighted by molar-refractivity contribution is 7.88. The van der Waals surface area contributed by atoms with E-state index in [0.717, 1.165) is 13.8 Å². The van der Waals surface area contributed by atoms with E-state index in [-0.39, 0.29) is 0 Å². The molecule has 0 N–H and O–H groups in total. The average molecular weight is 232 g/mol. The Balaban J connectivity index is 3.27. The van der Waals surface area contributed by atoms with Crippen LogP contribution in [0.2, 0.25) is 0 Å². The second-order valence-corrected chi connectivity index (χ2v) is 5.00. The van der Waals surface area contributed by atoms with Gasteiger partial charge in [0, 0.05) is 0 Å². The molecule has 4 nitrogen and oxygen atoms in total. The van der Waals surface area contributed by atoms with Crippen LogP contribution in [0.15, 0.2) is 0 Å². The summed E-state index contributed by atoms with van der Waals surface area (Å²) in [7, 11) is -4.88. The van der Waals surface area contributed by atoms with E-state index in [1.54, 1.807) is 0 Å². The Labute approximate surface area is 78.2 Å². The van der Waals surface area contributed by atoms with E-state index in [1.165, 1.54) is 0 Å². The predicted octanol–water partition coefficient (Wildman–Crippen LogP) is 0.625. The van der Waals surface area contributed by atoms with Crippen molar-refractivity contribution < 1.29 is 30.6 Å². The normalized spacial score (nSPS) is 30.6. The number of carbonyl (C=O) groups excluding carboxylic acids is 1. The lowest BCUT2D eigenvalue weighted by molar-refractivity contribution is -0.152. The van der Waals surface area contributed by atoms with Crippen molar-refractivity contribution in [2.75, 3.05) is 0 Å². The Hall–Kier alpha value is -0.630. The summed E-state index contributed by atoms with van der Waals surface area (Å²) in [5.74, 6) is -1.48. The lowest BCUT2D eigenvalue weighted by Crippen LogP contribution is -2.41. The van der Waals surface area contributed by atoms with Crippen LogP contribution in [0.5, 0.6) is 0 Å². The quantitative estimate of drug-likeness (QED) is 0.574. The molecule has 0 aromatic carbocycles. The van der Waals surface area contributed by atoms with Crippen molar-refractivity contribution in [3.8, 4) is 0 Å². The number of rotatable bonds is 0. The Kier molecular flexibility index (Phi) is 2.20. The van der Waals surface area contributed by atoms with Crippen molar-refractivity contribution in [3.05, 3.63) is 0 Å². The van der Waals surface area contributed by atoms with Gasteiger partial charge in [0.1, 0.15) is 5.60 Å². The van der Waals surface area contributed by atoms with Crippen LogP contribution in [0.25, 0.3) is 0 Å². The molecule has 0 saturated carbocycles. The standard InChI is InChI=1S/C6H7F3O4S/c1-5(2)3(10)4(6(7,8)9)14(11,12)13-5/h4H,1-2H3. The zero-order chi connectivity index (χ0) is 11.4. The number of ketones is 1. The van der Waals surface area contributed by atoms with Gasteiger partial charge in [-0.25, -0.2) is 0 Å². The van der Waals surface area contributed by atoms with Gasteiger partial charge < -0.3 is 0 Å². The second-order valence-electron chi connectivity index (χ2n) is 3.37. The van der Waals surface area contributed by atoms with Crippen molar-refractivity contribution in [2.24, 2.45) is 0 Å². The minimum absolute atomic E-state index is 0.985. The molecule has 0 bridgehead atoms. The predicted molar refractivity (Wildman–Crippen MR) is 38.9 cm³/mol. The molecule has 1 unspecified atom stereocenters. The third kappa shape index (κ3) is 1.63. The van der Waals surface area contributed by atoms with E-state index in [0.29, 0.717) is 0 Å². The van der Waals surface area contributed by atoms with Crippen LogP contribution in [0, 0.1) is 0 Å². The number of Topliss-reactive ketones (excluding diaryl/α,β-unsaturated/α-hetero) is 1. The van der Waals surface area contributed by atoms with Gasteiger partial charge in [-0.15, -0.1) is 0 Å². The molecule has 1 atom stereocenters. The van der Waals surface area contributed by atoms with Crippen LogP contribution >= 0.6 is 0 Å². The fourth-order valence-electron chi connectivity index (χ4n) is 1.14. The minimum Gasteiger partial charge on any atom is -0.294 e. The molecule has 1 rings (SSSR count). The summed E-state index contributed by atoms with van der Waals surface area (Å²) in [4.78, 5) is 11.1. The number of hydrogen-bond donors (Lipinski definition) is 0. The smallest absolute Gasteiger partial charge is 0.294 e. The maximum Gasteiger partial charge on any atom is 0.414 e. The van der Waals surface area contributed by atoms with Gasteiger partial charge >= 0.3 is 6.18 Å². The van der Waals surface area contributed by atoms with Crippen LogP contribution in [-0.2, 0) is 19.1 Å². The molecule has 14 heavy (non-hydrogen) atoms. The van der Waals surface area contributed by atoms with Gasteiger partial charge in [-0.3, -0.25) is 8.98 Å².